The fourth-order valence-corrected chi connectivity index (χ4v) is 5.99. The van der Waals surface area contributed by atoms with E-state index in [9.17, 15) is 9.59 Å². The van der Waals surface area contributed by atoms with Gasteiger partial charge in [0, 0.05) is 27.8 Å². The number of anilines is 2. The van der Waals surface area contributed by atoms with Crippen LogP contribution in [0.1, 0.15) is 30.2 Å². The van der Waals surface area contributed by atoms with Gasteiger partial charge in [-0.3, -0.25) is 9.59 Å². The van der Waals surface area contributed by atoms with Crippen molar-refractivity contribution in [2.45, 2.75) is 28.7 Å². The molecule has 0 bridgehead atoms. The molecule has 196 valence electrons. The highest BCUT2D eigenvalue weighted by Crippen LogP contribution is 2.47. The molecule has 0 saturated carbocycles. The monoisotopic (exact) mass is 557 g/mol. The minimum absolute atomic E-state index is 0.127. The number of carbonyl (C=O) groups is 2. The van der Waals surface area contributed by atoms with Crippen LogP contribution in [0.25, 0.3) is 0 Å². The van der Waals surface area contributed by atoms with Crippen LogP contribution in [0.15, 0.2) is 111 Å². The highest BCUT2D eigenvalue weighted by Gasteiger charge is 2.35. The van der Waals surface area contributed by atoms with E-state index in [0.717, 1.165) is 32.4 Å². The summed E-state index contributed by atoms with van der Waals surface area (Å²) in [6.45, 7) is 0.0235. The summed E-state index contributed by atoms with van der Waals surface area (Å²) < 4.78 is 11.0. The van der Waals surface area contributed by atoms with Gasteiger partial charge in [0.05, 0.1) is 29.8 Å². The predicted molar refractivity (Wildman–Crippen MR) is 150 cm³/mol. The summed E-state index contributed by atoms with van der Waals surface area (Å²) in [6.07, 6.45) is 2.16. The van der Waals surface area contributed by atoms with E-state index in [-0.39, 0.29) is 6.42 Å². The van der Waals surface area contributed by atoms with Crippen molar-refractivity contribution in [2.24, 2.45) is 5.10 Å². The number of esters is 1. The van der Waals surface area contributed by atoms with Crippen molar-refractivity contribution in [3.63, 3.8) is 0 Å². The van der Waals surface area contributed by atoms with Crippen LogP contribution in [0.2, 0.25) is 5.02 Å². The molecule has 2 aliphatic rings. The second-order valence-electron chi connectivity index (χ2n) is 9.13. The fraction of sp³-hybridized carbons (Fsp3) is 0.167. The Morgan fingerprint density at radius 1 is 0.949 bits per heavy atom. The van der Waals surface area contributed by atoms with Crippen LogP contribution in [-0.2, 0) is 14.3 Å². The molecule has 0 spiro atoms. The Balaban J connectivity index is 1.12. The molecule has 9 heteroatoms. The summed E-state index contributed by atoms with van der Waals surface area (Å²) in [6, 6.07) is 26.7. The lowest BCUT2D eigenvalue weighted by atomic mass is 10.0. The van der Waals surface area contributed by atoms with Crippen LogP contribution in [0, 0.1) is 0 Å². The number of ether oxygens (including phenoxy) is 1. The topological polar surface area (TPSA) is 75.3 Å². The third kappa shape index (κ3) is 5.30. The van der Waals surface area contributed by atoms with E-state index in [4.69, 9.17) is 20.8 Å². The smallest absolute Gasteiger partial charge is 0.308 e. The number of hydrazone groups is 1. The van der Waals surface area contributed by atoms with Crippen LogP contribution >= 0.6 is 23.4 Å². The summed E-state index contributed by atoms with van der Waals surface area (Å²) >= 11 is 7.74. The molecular formula is C30H24ClN3O4S. The molecule has 7 nitrogen and oxygen atoms in total. The maximum absolute atomic E-state index is 13.2. The van der Waals surface area contributed by atoms with E-state index in [1.807, 2.05) is 54.6 Å². The largest absolute Gasteiger partial charge is 0.467 e. The average molecular weight is 558 g/mol. The lowest BCUT2D eigenvalue weighted by Crippen LogP contribution is -2.32. The van der Waals surface area contributed by atoms with Gasteiger partial charge in [-0.15, -0.1) is 0 Å². The number of halogens is 1. The zero-order valence-corrected chi connectivity index (χ0v) is 22.4. The van der Waals surface area contributed by atoms with E-state index in [1.54, 1.807) is 36.2 Å². The molecule has 39 heavy (non-hydrogen) atoms. The number of hydrogen-bond acceptors (Lipinski definition) is 7. The van der Waals surface area contributed by atoms with Gasteiger partial charge in [-0.2, -0.15) is 5.10 Å². The minimum Gasteiger partial charge on any atom is -0.467 e. The Morgan fingerprint density at radius 3 is 2.31 bits per heavy atom. The van der Waals surface area contributed by atoms with Crippen molar-refractivity contribution in [3.05, 3.63) is 108 Å². The Bertz CT molecular complexity index is 1490. The highest BCUT2D eigenvalue weighted by molar-refractivity contribution is 7.99. The van der Waals surface area contributed by atoms with E-state index in [1.165, 1.54) is 5.01 Å². The zero-order valence-electron chi connectivity index (χ0n) is 20.8. The molecule has 0 aliphatic carbocycles. The zero-order chi connectivity index (χ0) is 26.8. The van der Waals surface area contributed by atoms with Gasteiger partial charge in [0.15, 0.2) is 6.61 Å². The highest BCUT2D eigenvalue weighted by atomic mass is 35.5. The Labute approximate surface area is 235 Å². The maximum Gasteiger partial charge on any atom is 0.308 e. The molecule has 0 fully saturated rings. The summed E-state index contributed by atoms with van der Waals surface area (Å²) in [4.78, 5) is 30.3. The number of benzene rings is 3. The van der Waals surface area contributed by atoms with Gasteiger partial charge < -0.3 is 14.1 Å². The van der Waals surface area contributed by atoms with Gasteiger partial charge in [0.2, 0.25) is 0 Å². The van der Waals surface area contributed by atoms with E-state index in [0.29, 0.717) is 23.7 Å². The van der Waals surface area contributed by atoms with Gasteiger partial charge in [-0.25, -0.2) is 5.01 Å². The summed E-state index contributed by atoms with van der Waals surface area (Å²) in [7, 11) is 0. The van der Waals surface area contributed by atoms with Crippen molar-refractivity contribution < 1.29 is 18.7 Å². The Morgan fingerprint density at radius 2 is 1.64 bits per heavy atom. The first-order chi connectivity index (χ1) is 19.1. The van der Waals surface area contributed by atoms with Crippen molar-refractivity contribution in [2.75, 3.05) is 18.1 Å². The number of fused-ring (bicyclic) bond motifs is 2. The van der Waals surface area contributed by atoms with Crippen LogP contribution in [0.4, 0.5) is 11.4 Å². The van der Waals surface area contributed by atoms with Crippen LogP contribution in [-0.4, -0.2) is 35.7 Å². The third-order valence-electron chi connectivity index (χ3n) is 6.64. The number of hydrogen-bond donors (Lipinski definition) is 0. The number of furan rings is 1. The second-order valence-corrected chi connectivity index (χ2v) is 10.6. The average Bonchev–Trinajstić information content (AvgIpc) is 3.65. The van der Waals surface area contributed by atoms with Crippen molar-refractivity contribution in [3.8, 4) is 0 Å². The number of para-hydroxylation sites is 2. The molecule has 1 atom stereocenters. The van der Waals surface area contributed by atoms with Gasteiger partial charge in [-0.05, 0) is 54.1 Å². The summed E-state index contributed by atoms with van der Waals surface area (Å²) in [5.74, 6) is -0.256. The van der Waals surface area contributed by atoms with E-state index in [2.05, 4.69) is 22.1 Å². The molecule has 1 unspecified atom stereocenters. The van der Waals surface area contributed by atoms with Gasteiger partial charge >= 0.3 is 5.97 Å². The SMILES string of the molecule is O=C(CCN1c2ccccc2Sc2ccccc21)OCC(=O)N1N=C(c2ccc(Cl)cc2)CC1c1ccco1. The Kier molecular flexibility index (Phi) is 7.13. The first-order valence-corrected chi connectivity index (χ1v) is 13.7. The molecule has 3 heterocycles. The normalized spacial score (nSPS) is 15.9. The predicted octanol–water partition coefficient (Wildman–Crippen LogP) is 6.85. The maximum atomic E-state index is 13.2. The van der Waals surface area contributed by atoms with Gasteiger partial charge in [0.25, 0.3) is 5.91 Å². The number of carbonyl (C=O) groups excluding carboxylic acids is 2. The van der Waals surface area contributed by atoms with E-state index < -0.39 is 24.5 Å². The van der Waals surface area contributed by atoms with E-state index >= 15 is 0 Å². The molecule has 1 amide bonds. The number of amides is 1. The Hall–Kier alpha value is -4.01. The summed E-state index contributed by atoms with van der Waals surface area (Å²) in [5, 5.41) is 6.54. The molecule has 3 aromatic carbocycles. The van der Waals surface area contributed by atoms with Gasteiger partial charge in [0.1, 0.15) is 11.8 Å². The molecule has 2 aliphatic heterocycles. The quantitative estimate of drug-likeness (QED) is 0.231. The lowest BCUT2D eigenvalue weighted by Gasteiger charge is -2.32. The van der Waals surface area contributed by atoms with Gasteiger partial charge in [-0.1, -0.05) is 59.8 Å². The molecule has 1 aromatic heterocycles. The second kappa shape index (κ2) is 11.0. The van der Waals surface area contributed by atoms with Crippen molar-refractivity contribution in [1.82, 2.24) is 5.01 Å². The van der Waals surface area contributed by atoms with Crippen molar-refractivity contribution in [1.29, 1.82) is 0 Å². The number of rotatable bonds is 7. The molecule has 0 N–H and O–H groups in total. The molecule has 0 saturated heterocycles. The number of nitrogens with zero attached hydrogens (tertiary/aromatic N) is 3. The molecular weight excluding hydrogens is 534 g/mol. The summed E-state index contributed by atoms with van der Waals surface area (Å²) in [5.41, 5.74) is 3.69. The third-order valence-corrected chi connectivity index (χ3v) is 8.03. The lowest BCUT2D eigenvalue weighted by molar-refractivity contribution is -0.152. The first kappa shape index (κ1) is 25.3. The van der Waals surface area contributed by atoms with Crippen molar-refractivity contribution >= 4 is 52.3 Å². The molecule has 6 rings (SSSR count). The van der Waals surface area contributed by atoms with Crippen LogP contribution in [0.5, 0.6) is 0 Å². The molecule has 4 aromatic rings. The minimum atomic E-state index is -0.452. The standard InChI is InChI=1S/C30H24ClN3O4S/c31-21-13-11-20(12-14-21)22-18-25(26-8-5-17-37-26)34(32-22)29(35)19-38-30(36)15-16-33-23-6-1-3-9-27(23)39-28-10-4-2-7-24(28)33/h1-14,17,25H,15-16,18-19H2. The molecule has 0 radical (unpaired) electrons. The first-order valence-electron chi connectivity index (χ1n) is 12.5. The van der Waals surface area contributed by atoms with Crippen LogP contribution in [0.3, 0.4) is 0 Å². The fourth-order valence-electron chi connectivity index (χ4n) is 4.77. The van der Waals surface area contributed by atoms with Crippen LogP contribution < -0.4 is 4.90 Å².